The lowest BCUT2D eigenvalue weighted by molar-refractivity contribution is -0.123. The van der Waals surface area contributed by atoms with E-state index in [9.17, 15) is 4.79 Å². The van der Waals surface area contributed by atoms with Crippen molar-refractivity contribution in [2.24, 2.45) is 0 Å². The molecule has 2 N–H and O–H groups in total. The molecule has 2 heterocycles. The van der Waals surface area contributed by atoms with Gasteiger partial charge in [0.15, 0.2) is 0 Å². The zero-order valence-corrected chi connectivity index (χ0v) is 16.1. The smallest absolute Gasteiger partial charge is 0.241 e. The molecule has 3 aromatic rings. The largest absolute Gasteiger partial charge is 0.354 e. The summed E-state index contributed by atoms with van der Waals surface area (Å²) in [5.41, 5.74) is 4.46. The van der Waals surface area contributed by atoms with Crippen molar-refractivity contribution in [3.63, 3.8) is 0 Å². The Morgan fingerprint density at radius 3 is 2.36 bits per heavy atom. The Labute approximate surface area is 166 Å². The average molecular weight is 374 g/mol. The number of rotatable bonds is 9. The molecule has 0 aliphatic heterocycles. The van der Waals surface area contributed by atoms with Crippen LogP contribution in [0.1, 0.15) is 28.3 Å². The van der Waals surface area contributed by atoms with Crippen molar-refractivity contribution in [1.82, 2.24) is 20.6 Å². The number of carbonyl (C=O) groups excluding carboxylic acids is 1. The Morgan fingerprint density at radius 2 is 1.64 bits per heavy atom. The number of hydrogen-bond donors (Lipinski definition) is 2. The highest BCUT2D eigenvalue weighted by Crippen LogP contribution is 2.14. The number of nitrogens with one attached hydrogen (secondary N) is 2. The Kier molecular flexibility index (Phi) is 7.27. The van der Waals surface area contributed by atoms with Gasteiger partial charge in [0.05, 0.1) is 0 Å². The molecule has 1 unspecified atom stereocenters. The summed E-state index contributed by atoms with van der Waals surface area (Å²) in [6.45, 7) is 3.33. The SMILES string of the molecule is Cc1ccc(C(NCCc2cccnc2)C(=O)NCCc2ccncc2)cc1. The van der Waals surface area contributed by atoms with Gasteiger partial charge in [-0.1, -0.05) is 35.9 Å². The van der Waals surface area contributed by atoms with Gasteiger partial charge in [-0.05, 0) is 54.7 Å². The van der Waals surface area contributed by atoms with Gasteiger partial charge < -0.3 is 10.6 Å². The zero-order valence-electron chi connectivity index (χ0n) is 16.1. The third-order valence-corrected chi connectivity index (χ3v) is 4.62. The van der Waals surface area contributed by atoms with Gasteiger partial charge in [0.25, 0.3) is 0 Å². The first kappa shape index (κ1) is 19.7. The van der Waals surface area contributed by atoms with Crippen LogP contribution in [0, 0.1) is 6.92 Å². The normalized spacial score (nSPS) is 11.8. The molecule has 0 aliphatic carbocycles. The maximum Gasteiger partial charge on any atom is 0.241 e. The van der Waals surface area contributed by atoms with Crippen molar-refractivity contribution in [1.29, 1.82) is 0 Å². The van der Waals surface area contributed by atoms with Crippen LogP contribution < -0.4 is 10.6 Å². The predicted molar refractivity (Wildman–Crippen MR) is 111 cm³/mol. The van der Waals surface area contributed by atoms with E-state index >= 15 is 0 Å². The third kappa shape index (κ3) is 5.99. The molecular weight excluding hydrogens is 348 g/mol. The summed E-state index contributed by atoms with van der Waals surface area (Å²) in [6, 6.07) is 15.6. The number of aryl methyl sites for hydroxylation is 1. The van der Waals surface area contributed by atoms with E-state index in [-0.39, 0.29) is 11.9 Å². The summed E-state index contributed by atoms with van der Waals surface area (Å²) in [5.74, 6) is -0.0101. The van der Waals surface area contributed by atoms with Crippen LogP contribution >= 0.6 is 0 Å². The fourth-order valence-corrected chi connectivity index (χ4v) is 3.01. The first-order valence-electron chi connectivity index (χ1n) is 9.58. The van der Waals surface area contributed by atoms with Gasteiger partial charge in [-0.25, -0.2) is 0 Å². The number of carbonyl (C=O) groups is 1. The van der Waals surface area contributed by atoms with E-state index in [1.807, 2.05) is 61.7 Å². The summed E-state index contributed by atoms with van der Waals surface area (Å²) >= 11 is 0. The van der Waals surface area contributed by atoms with E-state index in [1.165, 1.54) is 5.56 Å². The minimum atomic E-state index is -0.380. The maximum atomic E-state index is 12.9. The molecule has 1 atom stereocenters. The van der Waals surface area contributed by atoms with Crippen molar-refractivity contribution in [2.75, 3.05) is 13.1 Å². The van der Waals surface area contributed by atoms with Crippen LogP contribution in [0.15, 0.2) is 73.3 Å². The molecular formula is C23H26N4O. The number of benzene rings is 1. The van der Waals surface area contributed by atoms with Gasteiger partial charge in [0.1, 0.15) is 6.04 Å². The molecule has 3 rings (SSSR count). The van der Waals surface area contributed by atoms with Crippen LogP contribution in [0.25, 0.3) is 0 Å². The molecule has 0 radical (unpaired) electrons. The molecule has 0 spiro atoms. The fourth-order valence-electron chi connectivity index (χ4n) is 3.01. The molecule has 2 aromatic heterocycles. The standard InChI is InChI=1S/C23H26N4O/c1-18-4-6-21(7-5-18)22(26-15-11-20-3-2-12-25-17-20)23(28)27-16-10-19-8-13-24-14-9-19/h2-9,12-14,17,22,26H,10-11,15-16H2,1H3,(H,27,28). The molecule has 1 aromatic carbocycles. The van der Waals surface area contributed by atoms with Gasteiger partial charge in [-0.3, -0.25) is 14.8 Å². The van der Waals surface area contributed by atoms with Gasteiger partial charge in [-0.2, -0.15) is 0 Å². The molecule has 0 saturated heterocycles. The molecule has 0 saturated carbocycles. The average Bonchev–Trinajstić information content (AvgIpc) is 2.73. The molecule has 5 nitrogen and oxygen atoms in total. The van der Waals surface area contributed by atoms with Crippen molar-refractivity contribution in [3.05, 3.63) is 95.6 Å². The minimum Gasteiger partial charge on any atom is -0.354 e. The second kappa shape index (κ2) is 10.3. The van der Waals surface area contributed by atoms with Crippen LogP contribution in [0.2, 0.25) is 0 Å². The monoisotopic (exact) mass is 374 g/mol. The zero-order chi connectivity index (χ0) is 19.6. The third-order valence-electron chi connectivity index (χ3n) is 4.62. The minimum absolute atomic E-state index is 0.0101. The predicted octanol–water partition coefficient (Wildman–Crippen LogP) is 3.02. The van der Waals surface area contributed by atoms with Crippen molar-refractivity contribution >= 4 is 5.91 Å². The summed E-state index contributed by atoms with van der Waals surface area (Å²) in [5, 5.41) is 6.46. The fraction of sp³-hybridized carbons (Fsp3) is 0.261. The molecule has 5 heteroatoms. The van der Waals surface area contributed by atoms with E-state index < -0.39 is 0 Å². The van der Waals surface area contributed by atoms with Gasteiger partial charge in [0, 0.05) is 37.9 Å². The van der Waals surface area contributed by atoms with Crippen molar-refractivity contribution in [2.45, 2.75) is 25.8 Å². The Balaban J connectivity index is 1.59. The number of hydrogen-bond acceptors (Lipinski definition) is 4. The Hall–Kier alpha value is -3.05. The first-order valence-corrected chi connectivity index (χ1v) is 9.58. The number of amides is 1. The van der Waals surface area contributed by atoms with Crippen LogP contribution in [0.4, 0.5) is 0 Å². The van der Waals surface area contributed by atoms with Gasteiger partial charge in [-0.15, -0.1) is 0 Å². The maximum absolute atomic E-state index is 12.9. The highest BCUT2D eigenvalue weighted by atomic mass is 16.2. The second-order valence-electron chi connectivity index (χ2n) is 6.81. The topological polar surface area (TPSA) is 66.9 Å². The Bertz CT molecular complexity index is 851. The van der Waals surface area contributed by atoms with E-state index in [0.29, 0.717) is 13.1 Å². The van der Waals surface area contributed by atoms with E-state index in [4.69, 9.17) is 0 Å². The summed E-state index contributed by atoms with van der Waals surface area (Å²) in [7, 11) is 0. The van der Waals surface area contributed by atoms with Crippen molar-refractivity contribution in [3.8, 4) is 0 Å². The molecule has 28 heavy (non-hydrogen) atoms. The molecule has 0 fully saturated rings. The lowest BCUT2D eigenvalue weighted by Gasteiger charge is -2.19. The van der Waals surface area contributed by atoms with Crippen LogP contribution in [-0.2, 0) is 17.6 Å². The summed E-state index contributed by atoms with van der Waals surface area (Å²) in [6.07, 6.45) is 8.77. The lowest BCUT2D eigenvalue weighted by atomic mass is 10.0. The van der Waals surface area contributed by atoms with Crippen LogP contribution in [0.5, 0.6) is 0 Å². The highest BCUT2D eigenvalue weighted by molar-refractivity contribution is 5.83. The first-order chi connectivity index (χ1) is 13.7. The molecule has 144 valence electrons. The van der Waals surface area contributed by atoms with Gasteiger partial charge >= 0.3 is 0 Å². The number of aromatic nitrogens is 2. The van der Waals surface area contributed by atoms with Crippen molar-refractivity contribution < 1.29 is 4.79 Å². The quantitative estimate of drug-likeness (QED) is 0.604. The Morgan fingerprint density at radius 1 is 0.893 bits per heavy atom. The van der Waals surface area contributed by atoms with Gasteiger partial charge in [0.2, 0.25) is 5.91 Å². The summed E-state index contributed by atoms with van der Waals surface area (Å²) < 4.78 is 0. The highest BCUT2D eigenvalue weighted by Gasteiger charge is 2.19. The summed E-state index contributed by atoms with van der Waals surface area (Å²) in [4.78, 5) is 21.0. The lowest BCUT2D eigenvalue weighted by Crippen LogP contribution is -2.39. The van der Waals surface area contributed by atoms with E-state index in [0.717, 1.165) is 29.5 Å². The van der Waals surface area contributed by atoms with Crippen LogP contribution in [-0.4, -0.2) is 29.0 Å². The molecule has 1 amide bonds. The molecule has 0 bridgehead atoms. The van der Waals surface area contributed by atoms with E-state index in [1.54, 1.807) is 18.6 Å². The molecule has 0 aliphatic rings. The number of nitrogens with zero attached hydrogens (tertiary/aromatic N) is 2. The second-order valence-corrected chi connectivity index (χ2v) is 6.81. The van der Waals surface area contributed by atoms with Crippen LogP contribution in [0.3, 0.4) is 0 Å². The number of pyridine rings is 2. The van der Waals surface area contributed by atoms with E-state index in [2.05, 4.69) is 20.6 Å².